The first-order chi connectivity index (χ1) is 20.7. The van der Waals surface area contributed by atoms with E-state index in [9.17, 15) is 31.4 Å². The first-order valence-corrected chi connectivity index (χ1v) is 15.3. The van der Waals surface area contributed by atoms with Gasteiger partial charge in [0.25, 0.3) is 5.91 Å². The van der Waals surface area contributed by atoms with Gasteiger partial charge in [-0.3, -0.25) is 15.1 Å². The highest BCUT2D eigenvalue weighted by Gasteiger charge is 2.58. The minimum absolute atomic E-state index is 0.0281. The van der Waals surface area contributed by atoms with E-state index in [1.165, 1.54) is 13.0 Å². The van der Waals surface area contributed by atoms with Gasteiger partial charge in [0.1, 0.15) is 50.5 Å². The highest BCUT2D eigenvalue weighted by Crippen LogP contribution is 2.47. The molecule has 4 rings (SSSR count). The fraction of sp³-hybridized carbons (Fsp3) is 0.536. The van der Waals surface area contributed by atoms with Crippen molar-refractivity contribution in [3.8, 4) is 5.75 Å². The van der Waals surface area contributed by atoms with Crippen LogP contribution in [-0.2, 0) is 20.0 Å². The molecule has 2 aromatic rings. The summed E-state index contributed by atoms with van der Waals surface area (Å²) in [6, 6.07) is 4.41. The molecule has 0 unspecified atom stereocenters. The zero-order valence-electron chi connectivity index (χ0n) is 25.3. The number of fused-ring (bicyclic) bond motifs is 1. The van der Waals surface area contributed by atoms with Crippen molar-refractivity contribution in [2.24, 2.45) is 9.36 Å². The lowest BCUT2D eigenvalue weighted by Gasteiger charge is -2.44. The summed E-state index contributed by atoms with van der Waals surface area (Å²) < 4.78 is 94.1. The average molecular weight is 661 g/mol. The zero-order chi connectivity index (χ0) is 33.6. The molecule has 246 valence electrons. The van der Waals surface area contributed by atoms with Crippen molar-refractivity contribution in [1.29, 1.82) is 0 Å². The SMILES string of the molecule is CC(C)(C)OC(=O)NC1=N[C@](C)(c2nc(NC(=O)c3ccc(OCC(F)(F)C(F)F)cn3)ccc2F)[C@H]2CCN=[S@@]2(=O)C1(C)C. The molecule has 2 amide bonds. The van der Waals surface area contributed by atoms with Crippen LogP contribution in [-0.4, -0.2) is 73.1 Å². The summed E-state index contributed by atoms with van der Waals surface area (Å²) >= 11 is 0. The Morgan fingerprint density at radius 2 is 1.80 bits per heavy atom. The van der Waals surface area contributed by atoms with Crippen molar-refractivity contribution in [3.05, 3.63) is 47.7 Å². The number of pyridine rings is 2. The van der Waals surface area contributed by atoms with Crippen molar-refractivity contribution in [2.75, 3.05) is 18.5 Å². The third kappa shape index (κ3) is 6.72. The molecule has 2 aliphatic heterocycles. The molecule has 11 nitrogen and oxygen atoms in total. The van der Waals surface area contributed by atoms with Crippen LogP contribution in [0.5, 0.6) is 5.75 Å². The molecule has 0 bridgehead atoms. The quantitative estimate of drug-likeness (QED) is 0.383. The highest BCUT2D eigenvalue weighted by atomic mass is 32.2. The Kier molecular flexibility index (Phi) is 8.91. The first kappa shape index (κ1) is 34.0. The van der Waals surface area contributed by atoms with Crippen LogP contribution >= 0.6 is 0 Å². The number of nitrogens with one attached hydrogen (secondary N) is 2. The molecule has 2 aliphatic rings. The van der Waals surface area contributed by atoms with Crippen LogP contribution < -0.4 is 15.4 Å². The maximum Gasteiger partial charge on any atom is 0.413 e. The van der Waals surface area contributed by atoms with Crippen LogP contribution in [0.3, 0.4) is 0 Å². The monoisotopic (exact) mass is 660 g/mol. The number of alkyl halides is 4. The fourth-order valence-corrected chi connectivity index (χ4v) is 8.09. The van der Waals surface area contributed by atoms with Gasteiger partial charge in [0.2, 0.25) is 0 Å². The minimum atomic E-state index is -4.37. The second-order valence-corrected chi connectivity index (χ2v) is 15.1. The van der Waals surface area contributed by atoms with E-state index in [4.69, 9.17) is 9.73 Å². The number of aliphatic imine (C=N–C) groups is 1. The number of halogens is 5. The van der Waals surface area contributed by atoms with Gasteiger partial charge in [0.05, 0.1) is 21.2 Å². The number of amides is 2. The Morgan fingerprint density at radius 3 is 2.40 bits per heavy atom. The second-order valence-electron chi connectivity index (χ2n) is 12.2. The van der Waals surface area contributed by atoms with Gasteiger partial charge in [0, 0.05) is 6.54 Å². The van der Waals surface area contributed by atoms with Crippen LogP contribution in [0.25, 0.3) is 0 Å². The maximum atomic E-state index is 15.5. The smallest absolute Gasteiger partial charge is 0.413 e. The van der Waals surface area contributed by atoms with E-state index >= 15 is 4.39 Å². The second kappa shape index (κ2) is 11.8. The van der Waals surface area contributed by atoms with Crippen LogP contribution in [0.2, 0.25) is 0 Å². The molecular weight excluding hydrogens is 627 g/mol. The molecule has 0 fully saturated rings. The number of amidine groups is 1. The highest BCUT2D eigenvalue weighted by molar-refractivity contribution is 7.96. The van der Waals surface area contributed by atoms with Gasteiger partial charge >= 0.3 is 18.4 Å². The number of hydrogen-bond donors (Lipinski definition) is 2. The molecule has 0 saturated heterocycles. The number of rotatable bonds is 7. The maximum absolute atomic E-state index is 15.5. The van der Waals surface area contributed by atoms with E-state index in [0.29, 0.717) is 6.42 Å². The fourth-order valence-electron chi connectivity index (χ4n) is 4.92. The summed E-state index contributed by atoms with van der Waals surface area (Å²) in [5.74, 6) is -6.44. The molecule has 2 aromatic heterocycles. The molecule has 0 saturated carbocycles. The number of hydrogen-bond acceptors (Lipinski definition) is 9. The Balaban J connectivity index is 1.63. The molecule has 0 aliphatic carbocycles. The van der Waals surface area contributed by atoms with Gasteiger partial charge in [-0.25, -0.2) is 36.5 Å². The van der Waals surface area contributed by atoms with E-state index in [0.717, 1.165) is 24.4 Å². The van der Waals surface area contributed by atoms with E-state index in [-0.39, 0.29) is 35.3 Å². The molecule has 0 spiro atoms. The van der Waals surface area contributed by atoms with Crippen molar-refractivity contribution in [3.63, 3.8) is 0 Å². The van der Waals surface area contributed by atoms with Crippen LogP contribution in [0, 0.1) is 5.82 Å². The summed E-state index contributed by atoms with van der Waals surface area (Å²) in [5.41, 5.74) is -2.92. The molecule has 17 heteroatoms. The number of nitrogens with zero attached hydrogens (tertiary/aromatic N) is 4. The Bertz CT molecular complexity index is 1640. The van der Waals surface area contributed by atoms with Crippen molar-refractivity contribution < 1.29 is 45.2 Å². The molecule has 2 N–H and O–H groups in total. The predicted molar refractivity (Wildman–Crippen MR) is 155 cm³/mol. The van der Waals surface area contributed by atoms with Gasteiger partial charge in [0.15, 0.2) is 6.61 Å². The number of anilines is 1. The first-order valence-electron chi connectivity index (χ1n) is 13.7. The summed E-state index contributed by atoms with van der Waals surface area (Å²) in [6.07, 6.45) is -3.57. The van der Waals surface area contributed by atoms with Gasteiger partial charge in [-0.15, -0.1) is 0 Å². The van der Waals surface area contributed by atoms with Crippen LogP contribution in [0.1, 0.15) is 64.1 Å². The van der Waals surface area contributed by atoms with Crippen LogP contribution in [0.15, 0.2) is 39.8 Å². The third-order valence-corrected chi connectivity index (χ3v) is 10.9. The van der Waals surface area contributed by atoms with Gasteiger partial charge in [-0.2, -0.15) is 8.78 Å². The Labute approximate surface area is 256 Å². The zero-order valence-corrected chi connectivity index (χ0v) is 26.1. The summed E-state index contributed by atoms with van der Waals surface area (Å²) in [4.78, 5) is 38.4. The van der Waals surface area contributed by atoms with E-state index in [1.54, 1.807) is 34.6 Å². The number of carbonyl (C=O) groups excluding carboxylic acids is 2. The van der Waals surface area contributed by atoms with E-state index < -0.39 is 67.6 Å². The van der Waals surface area contributed by atoms with Crippen molar-refractivity contribution in [1.82, 2.24) is 15.3 Å². The minimum Gasteiger partial charge on any atom is -0.485 e. The average Bonchev–Trinajstić information content (AvgIpc) is 3.35. The number of ether oxygens (including phenoxy) is 2. The van der Waals surface area contributed by atoms with E-state index in [2.05, 4.69) is 29.7 Å². The lowest BCUT2D eigenvalue weighted by molar-refractivity contribution is -0.148. The number of alkyl carbamates (subject to hydrolysis) is 1. The molecule has 0 radical (unpaired) electrons. The molecule has 3 atom stereocenters. The predicted octanol–water partition coefficient (Wildman–Crippen LogP) is 5.32. The normalized spacial score (nSPS) is 24.3. The summed E-state index contributed by atoms with van der Waals surface area (Å²) in [5, 5.41) is 4.23. The molecule has 4 heterocycles. The third-order valence-electron chi connectivity index (χ3n) is 7.24. The summed E-state index contributed by atoms with van der Waals surface area (Å²) in [7, 11) is -3.17. The van der Waals surface area contributed by atoms with Crippen molar-refractivity contribution in [2.45, 2.75) is 81.4 Å². The van der Waals surface area contributed by atoms with Gasteiger partial charge in [-0.1, -0.05) is 0 Å². The number of aromatic nitrogens is 2. The standard InChI is InChI=1S/C28H33F5N6O5S/c1-25(2,3)44-24(41)38-23-26(4,5)45(42)18(11-12-35-45)27(6,39-23)20-16(29)8-10-19(36-20)37-21(40)17-9-7-15(13-34-17)43-14-28(32,33)22(30)31/h7-10,13,18,22H,11-12,14H2,1-6H3,(H,36,37,40)(H,38,39,41)/t18-,27+,45+/m1/s1. The van der Waals surface area contributed by atoms with Gasteiger partial charge < -0.3 is 14.8 Å². The molecular formula is C28H33F5N6O5S. The number of carbonyl (C=O) groups is 2. The van der Waals surface area contributed by atoms with Crippen LogP contribution in [0.4, 0.5) is 32.6 Å². The molecule has 45 heavy (non-hydrogen) atoms. The lowest BCUT2D eigenvalue weighted by atomic mass is 9.89. The van der Waals surface area contributed by atoms with Crippen molar-refractivity contribution >= 4 is 33.4 Å². The summed E-state index contributed by atoms with van der Waals surface area (Å²) in [6.45, 7) is 8.41. The van der Waals surface area contributed by atoms with E-state index in [1.807, 2.05) is 0 Å². The Hall–Kier alpha value is -3.89. The molecule has 0 aromatic carbocycles. The van der Waals surface area contributed by atoms with Gasteiger partial charge in [-0.05, 0) is 72.2 Å². The lowest BCUT2D eigenvalue weighted by Crippen LogP contribution is -2.61. The Morgan fingerprint density at radius 1 is 1.11 bits per heavy atom. The topological polar surface area (TPSA) is 144 Å². The largest absolute Gasteiger partial charge is 0.485 e.